The molecule has 1 amide bonds. The van der Waals surface area contributed by atoms with Crippen LogP contribution in [0.5, 0.6) is 5.75 Å². The summed E-state index contributed by atoms with van der Waals surface area (Å²) < 4.78 is 5.38. The molecule has 1 aromatic carbocycles. The highest BCUT2D eigenvalue weighted by atomic mass is 32.1. The van der Waals surface area contributed by atoms with Gasteiger partial charge in [-0.1, -0.05) is 30.0 Å². The number of thiophene rings is 1. The summed E-state index contributed by atoms with van der Waals surface area (Å²) in [7, 11) is 0. The van der Waals surface area contributed by atoms with Crippen molar-refractivity contribution in [3.05, 3.63) is 52.2 Å². The number of ether oxygens (including phenoxy) is 1. The smallest absolute Gasteiger partial charge is 0.258 e. The van der Waals surface area contributed by atoms with E-state index in [1.807, 2.05) is 41.8 Å². The monoisotopic (exact) mass is 300 g/mol. The first-order valence-corrected chi connectivity index (χ1v) is 7.37. The van der Waals surface area contributed by atoms with Gasteiger partial charge in [-0.2, -0.15) is 0 Å². The third-order valence-electron chi connectivity index (χ3n) is 2.63. The Balaban J connectivity index is 1.80. The minimum atomic E-state index is -0.162. The lowest BCUT2D eigenvalue weighted by Crippen LogP contribution is -2.28. The van der Waals surface area contributed by atoms with Crippen LogP contribution in [0.3, 0.4) is 0 Å². The number of carbonyl (C=O) groups is 1. The lowest BCUT2D eigenvalue weighted by atomic mass is 10.2. The Morgan fingerprint density at radius 3 is 2.86 bits per heavy atom. The highest BCUT2D eigenvalue weighted by Gasteiger charge is 2.06. The van der Waals surface area contributed by atoms with E-state index in [0.29, 0.717) is 18.8 Å². The average Bonchev–Trinajstić information content (AvgIpc) is 2.97. The molecule has 0 unspecified atom stereocenters. The predicted molar refractivity (Wildman–Crippen MR) is 84.0 cm³/mol. The molecule has 0 saturated heterocycles. The molecule has 0 aliphatic rings. The molecule has 1 heterocycles. The van der Waals surface area contributed by atoms with Gasteiger partial charge in [-0.25, -0.2) is 0 Å². The van der Waals surface area contributed by atoms with Gasteiger partial charge < -0.3 is 15.8 Å². The third kappa shape index (κ3) is 4.95. The maximum absolute atomic E-state index is 11.7. The Morgan fingerprint density at radius 1 is 1.29 bits per heavy atom. The molecule has 2 aromatic rings. The second-order valence-corrected chi connectivity index (χ2v) is 5.14. The van der Waals surface area contributed by atoms with Crippen LogP contribution in [-0.2, 0) is 11.3 Å². The molecule has 0 fully saturated rings. The molecule has 0 aliphatic heterocycles. The molecular formula is C16H16N2O2S. The van der Waals surface area contributed by atoms with Gasteiger partial charge in [-0.3, -0.25) is 4.79 Å². The number of para-hydroxylation sites is 1. The summed E-state index contributed by atoms with van der Waals surface area (Å²) in [6, 6.07) is 11.2. The van der Waals surface area contributed by atoms with Crippen LogP contribution in [-0.4, -0.2) is 19.1 Å². The molecule has 1 aromatic heterocycles. The number of hydrogen-bond donors (Lipinski definition) is 2. The summed E-state index contributed by atoms with van der Waals surface area (Å²) in [6.07, 6.45) is 0. The SMILES string of the molecule is NCC#Cc1ccsc1CNC(=O)COc1ccccc1. The van der Waals surface area contributed by atoms with Crippen LogP contribution in [0.2, 0.25) is 0 Å². The molecule has 0 spiro atoms. The van der Waals surface area contributed by atoms with Crippen molar-refractivity contribution in [1.82, 2.24) is 5.32 Å². The Hall–Kier alpha value is -2.29. The Morgan fingerprint density at radius 2 is 2.10 bits per heavy atom. The number of hydrogen-bond acceptors (Lipinski definition) is 4. The second-order valence-electron chi connectivity index (χ2n) is 4.14. The molecule has 0 radical (unpaired) electrons. The first kappa shape index (κ1) is 15.1. The van der Waals surface area contributed by atoms with E-state index in [4.69, 9.17) is 10.5 Å². The van der Waals surface area contributed by atoms with Crippen molar-refractivity contribution in [2.75, 3.05) is 13.2 Å². The number of amides is 1. The summed E-state index contributed by atoms with van der Waals surface area (Å²) in [5.41, 5.74) is 6.27. The van der Waals surface area contributed by atoms with Crippen molar-refractivity contribution >= 4 is 17.2 Å². The summed E-state index contributed by atoms with van der Waals surface area (Å²) >= 11 is 1.56. The van der Waals surface area contributed by atoms with Gasteiger partial charge in [0.05, 0.1) is 13.1 Å². The van der Waals surface area contributed by atoms with E-state index < -0.39 is 0 Å². The molecule has 0 aliphatic carbocycles. The largest absolute Gasteiger partial charge is 0.484 e. The zero-order valence-electron chi connectivity index (χ0n) is 11.5. The fourth-order valence-corrected chi connectivity index (χ4v) is 2.40. The Labute approximate surface area is 127 Å². The van der Waals surface area contributed by atoms with E-state index in [-0.39, 0.29) is 12.5 Å². The molecular weight excluding hydrogens is 284 g/mol. The van der Waals surface area contributed by atoms with Crippen molar-refractivity contribution in [2.45, 2.75) is 6.54 Å². The van der Waals surface area contributed by atoms with Crippen LogP contribution in [0, 0.1) is 11.8 Å². The zero-order chi connectivity index (χ0) is 14.9. The van der Waals surface area contributed by atoms with Gasteiger partial charge in [-0.05, 0) is 23.6 Å². The molecule has 0 saturated carbocycles. The first-order valence-electron chi connectivity index (χ1n) is 6.49. The Bertz CT molecular complexity index is 641. The van der Waals surface area contributed by atoms with Gasteiger partial charge in [0, 0.05) is 10.4 Å². The minimum absolute atomic E-state index is 0.000793. The van der Waals surface area contributed by atoms with Crippen LogP contribution in [0.4, 0.5) is 0 Å². The standard InChI is InChI=1S/C16H16N2O2S/c17-9-4-5-13-8-10-21-15(13)11-18-16(19)12-20-14-6-2-1-3-7-14/h1-3,6-8,10H,9,11-12,17H2,(H,18,19). The fraction of sp³-hybridized carbons (Fsp3) is 0.188. The van der Waals surface area contributed by atoms with Crippen molar-refractivity contribution < 1.29 is 9.53 Å². The number of nitrogens with two attached hydrogens (primary N) is 1. The highest BCUT2D eigenvalue weighted by Crippen LogP contribution is 2.15. The fourth-order valence-electron chi connectivity index (χ4n) is 1.63. The van der Waals surface area contributed by atoms with Crippen molar-refractivity contribution in [2.24, 2.45) is 5.73 Å². The van der Waals surface area contributed by atoms with Crippen molar-refractivity contribution in [3.8, 4) is 17.6 Å². The Kier molecular flexibility index (Phi) is 5.83. The van der Waals surface area contributed by atoms with Gasteiger partial charge in [0.2, 0.25) is 0 Å². The zero-order valence-corrected chi connectivity index (χ0v) is 12.3. The van der Waals surface area contributed by atoms with Gasteiger partial charge in [0.15, 0.2) is 6.61 Å². The van der Waals surface area contributed by atoms with E-state index in [0.717, 1.165) is 10.4 Å². The molecule has 108 valence electrons. The molecule has 0 atom stereocenters. The summed E-state index contributed by atoms with van der Waals surface area (Å²) in [5.74, 6) is 6.32. The first-order chi connectivity index (χ1) is 10.3. The van der Waals surface area contributed by atoms with Gasteiger partial charge in [-0.15, -0.1) is 11.3 Å². The number of nitrogens with one attached hydrogen (secondary N) is 1. The van der Waals surface area contributed by atoms with E-state index in [9.17, 15) is 4.79 Å². The predicted octanol–water partition coefficient (Wildman–Crippen LogP) is 1.75. The van der Waals surface area contributed by atoms with Crippen molar-refractivity contribution in [3.63, 3.8) is 0 Å². The number of rotatable bonds is 5. The quantitative estimate of drug-likeness (QED) is 0.827. The van der Waals surface area contributed by atoms with E-state index in [1.54, 1.807) is 11.3 Å². The van der Waals surface area contributed by atoms with Crippen LogP contribution in [0.25, 0.3) is 0 Å². The molecule has 21 heavy (non-hydrogen) atoms. The number of benzene rings is 1. The molecule has 2 rings (SSSR count). The molecule has 3 N–H and O–H groups in total. The third-order valence-corrected chi connectivity index (χ3v) is 3.55. The number of carbonyl (C=O) groups excluding carboxylic acids is 1. The highest BCUT2D eigenvalue weighted by molar-refractivity contribution is 7.10. The molecule has 0 bridgehead atoms. The maximum Gasteiger partial charge on any atom is 0.258 e. The summed E-state index contributed by atoms with van der Waals surface area (Å²) in [6.45, 7) is 0.773. The molecule has 5 heteroatoms. The summed E-state index contributed by atoms with van der Waals surface area (Å²) in [4.78, 5) is 12.8. The van der Waals surface area contributed by atoms with Gasteiger partial charge in [0.25, 0.3) is 5.91 Å². The minimum Gasteiger partial charge on any atom is -0.484 e. The van der Waals surface area contributed by atoms with Crippen LogP contribution >= 0.6 is 11.3 Å². The molecule has 4 nitrogen and oxygen atoms in total. The lowest BCUT2D eigenvalue weighted by molar-refractivity contribution is -0.123. The van der Waals surface area contributed by atoms with Gasteiger partial charge >= 0.3 is 0 Å². The topological polar surface area (TPSA) is 64.3 Å². The normalized spacial score (nSPS) is 9.57. The van der Waals surface area contributed by atoms with Crippen LogP contribution in [0.15, 0.2) is 41.8 Å². The van der Waals surface area contributed by atoms with Crippen molar-refractivity contribution in [1.29, 1.82) is 0 Å². The second kappa shape index (κ2) is 8.10. The maximum atomic E-state index is 11.7. The van der Waals surface area contributed by atoms with Crippen LogP contribution < -0.4 is 15.8 Å². The van der Waals surface area contributed by atoms with E-state index in [1.165, 1.54) is 0 Å². The average molecular weight is 300 g/mol. The van der Waals surface area contributed by atoms with E-state index >= 15 is 0 Å². The lowest BCUT2D eigenvalue weighted by Gasteiger charge is -2.06. The van der Waals surface area contributed by atoms with E-state index in [2.05, 4.69) is 17.2 Å². The summed E-state index contributed by atoms with van der Waals surface area (Å²) in [5, 5.41) is 4.77. The van der Waals surface area contributed by atoms with Gasteiger partial charge in [0.1, 0.15) is 5.75 Å². The van der Waals surface area contributed by atoms with Crippen LogP contribution in [0.1, 0.15) is 10.4 Å².